The molecule has 1 saturated carbocycles. The molecule has 1 rings (SSSR count). The summed E-state index contributed by atoms with van der Waals surface area (Å²) >= 11 is 0. The first-order valence-corrected chi connectivity index (χ1v) is 18.6. The van der Waals surface area contributed by atoms with Crippen LogP contribution in [-0.2, 0) is 0 Å². The SMILES string of the molecule is CCCC(C(C)C(C)C1CCC(C)C1(C)C(C)(C)C(C)CC(C)(CC)CC(C)(C)CC(C)CC)C(C)(CC)C(C)C. The quantitative estimate of drug-likeness (QED) is 0.153. The molecule has 0 spiro atoms. The fraction of sp³-hybridized carbons (Fsp3) is 1.00. The van der Waals surface area contributed by atoms with Crippen LogP contribution in [0.4, 0.5) is 0 Å². The Morgan fingerprint density at radius 2 is 1.34 bits per heavy atom. The Bertz CT molecular complexity index is 758. The van der Waals surface area contributed by atoms with E-state index in [1.54, 1.807) is 0 Å². The molecule has 10 unspecified atom stereocenters. The number of rotatable bonds is 18. The van der Waals surface area contributed by atoms with Gasteiger partial charge >= 0.3 is 0 Å². The zero-order valence-electron chi connectivity index (χ0n) is 32.2. The van der Waals surface area contributed by atoms with Crippen molar-refractivity contribution < 1.29 is 0 Å². The van der Waals surface area contributed by atoms with Crippen LogP contribution in [0.25, 0.3) is 0 Å². The van der Waals surface area contributed by atoms with Gasteiger partial charge in [-0.15, -0.1) is 0 Å². The minimum absolute atomic E-state index is 0.311. The molecule has 10 atom stereocenters. The lowest BCUT2D eigenvalue weighted by molar-refractivity contribution is -0.0824. The Balaban J connectivity index is 3.37. The molecule has 1 aliphatic rings. The fourth-order valence-corrected chi connectivity index (χ4v) is 10.8. The Labute approximate surface area is 262 Å². The molecular weight excluding hydrogens is 492 g/mol. The maximum Gasteiger partial charge on any atom is -0.0215 e. The van der Waals surface area contributed by atoms with Crippen LogP contribution in [0.2, 0.25) is 0 Å². The van der Waals surface area contributed by atoms with Gasteiger partial charge in [0, 0.05) is 0 Å². The first kappa shape index (κ1) is 39.0. The highest BCUT2D eigenvalue weighted by atomic mass is 14.6. The zero-order valence-corrected chi connectivity index (χ0v) is 32.2. The molecule has 0 amide bonds. The van der Waals surface area contributed by atoms with Gasteiger partial charge in [-0.25, -0.2) is 0 Å². The van der Waals surface area contributed by atoms with Gasteiger partial charge in [0.25, 0.3) is 0 Å². The molecule has 246 valence electrons. The summed E-state index contributed by atoms with van der Waals surface area (Å²) in [5, 5.41) is 0. The molecule has 0 heteroatoms. The molecule has 0 aromatic carbocycles. The molecule has 1 aliphatic carbocycles. The topological polar surface area (TPSA) is 0 Å². The van der Waals surface area contributed by atoms with Crippen molar-refractivity contribution in [3.8, 4) is 0 Å². The summed E-state index contributed by atoms with van der Waals surface area (Å²) in [5.74, 6) is 6.23. The van der Waals surface area contributed by atoms with Gasteiger partial charge in [0.15, 0.2) is 0 Å². The summed E-state index contributed by atoms with van der Waals surface area (Å²) in [6, 6.07) is 0. The summed E-state index contributed by atoms with van der Waals surface area (Å²) in [5.41, 5.74) is 1.94. The first-order chi connectivity index (χ1) is 18.6. The Hall–Kier alpha value is 0. The van der Waals surface area contributed by atoms with E-state index in [4.69, 9.17) is 0 Å². The minimum atomic E-state index is 0.311. The molecule has 0 radical (unpaired) electrons. The molecule has 0 aromatic rings. The third kappa shape index (κ3) is 8.38. The van der Waals surface area contributed by atoms with Crippen molar-refractivity contribution in [1.82, 2.24) is 0 Å². The Kier molecular flexibility index (Phi) is 14.1. The van der Waals surface area contributed by atoms with Crippen molar-refractivity contribution in [3.05, 3.63) is 0 Å². The monoisotopic (exact) mass is 575 g/mol. The summed E-state index contributed by atoms with van der Waals surface area (Å²) < 4.78 is 0. The fourth-order valence-electron chi connectivity index (χ4n) is 10.8. The second kappa shape index (κ2) is 14.9. The van der Waals surface area contributed by atoms with Crippen LogP contribution in [0.1, 0.15) is 189 Å². The largest absolute Gasteiger partial charge is 0.0654 e. The van der Waals surface area contributed by atoms with Gasteiger partial charge in [0.05, 0.1) is 0 Å². The van der Waals surface area contributed by atoms with Crippen LogP contribution >= 0.6 is 0 Å². The van der Waals surface area contributed by atoms with Crippen molar-refractivity contribution in [3.63, 3.8) is 0 Å². The molecule has 0 N–H and O–H groups in total. The van der Waals surface area contributed by atoms with Gasteiger partial charge < -0.3 is 0 Å². The van der Waals surface area contributed by atoms with Crippen molar-refractivity contribution >= 4 is 0 Å². The lowest BCUT2D eigenvalue weighted by atomic mass is 9.48. The van der Waals surface area contributed by atoms with Crippen molar-refractivity contribution in [2.75, 3.05) is 0 Å². The molecule has 0 aromatic heterocycles. The average molecular weight is 575 g/mol. The summed E-state index contributed by atoms with van der Waals surface area (Å²) in [6.07, 6.45) is 13.5. The van der Waals surface area contributed by atoms with E-state index < -0.39 is 0 Å². The second-order valence-corrected chi connectivity index (χ2v) is 18.5. The highest BCUT2D eigenvalue weighted by Crippen LogP contribution is 2.65. The normalized spacial score (nSPS) is 29.0. The van der Waals surface area contributed by atoms with Crippen molar-refractivity contribution in [2.45, 2.75) is 189 Å². The zero-order chi connectivity index (χ0) is 32.2. The number of hydrogen-bond acceptors (Lipinski definition) is 0. The predicted molar refractivity (Wildman–Crippen MR) is 188 cm³/mol. The highest BCUT2D eigenvalue weighted by Gasteiger charge is 2.58. The Morgan fingerprint density at radius 1 is 0.780 bits per heavy atom. The van der Waals surface area contributed by atoms with E-state index in [0.29, 0.717) is 33.0 Å². The van der Waals surface area contributed by atoms with Gasteiger partial charge in [0.2, 0.25) is 0 Å². The average Bonchev–Trinajstić information content (AvgIpc) is 3.20. The first-order valence-electron chi connectivity index (χ1n) is 18.6. The van der Waals surface area contributed by atoms with E-state index in [0.717, 1.165) is 41.4 Å². The van der Waals surface area contributed by atoms with Crippen LogP contribution in [0.3, 0.4) is 0 Å². The minimum Gasteiger partial charge on any atom is -0.0654 e. The third-order valence-corrected chi connectivity index (χ3v) is 15.1. The van der Waals surface area contributed by atoms with Gasteiger partial charge in [-0.1, -0.05) is 150 Å². The van der Waals surface area contributed by atoms with Crippen LogP contribution in [0, 0.1) is 74.4 Å². The Morgan fingerprint density at radius 3 is 1.78 bits per heavy atom. The van der Waals surface area contributed by atoms with Crippen LogP contribution in [0.5, 0.6) is 0 Å². The molecule has 0 bridgehead atoms. The molecule has 0 saturated heterocycles. The van der Waals surface area contributed by atoms with Gasteiger partial charge in [-0.3, -0.25) is 0 Å². The maximum atomic E-state index is 2.75. The van der Waals surface area contributed by atoms with E-state index >= 15 is 0 Å². The van der Waals surface area contributed by atoms with Gasteiger partial charge in [-0.2, -0.15) is 0 Å². The van der Waals surface area contributed by atoms with Crippen LogP contribution in [0.15, 0.2) is 0 Å². The van der Waals surface area contributed by atoms with E-state index in [2.05, 4.69) is 125 Å². The molecular formula is C41H82. The lowest BCUT2D eigenvalue weighted by Gasteiger charge is -2.56. The molecule has 41 heavy (non-hydrogen) atoms. The molecule has 0 aliphatic heterocycles. The summed E-state index contributed by atoms with van der Waals surface area (Å²) in [6.45, 7) is 46.2. The highest BCUT2D eigenvalue weighted by molar-refractivity contribution is 5.06. The van der Waals surface area contributed by atoms with E-state index in [1.807, 2.05) is 0 Å². The summed E-state index contributed by atoms with van der Waals surface area (Å²) in [4.78, 5) is 0. The lowest BCUT2D eigenvalue weighted by Crippen LogP contribution is -2.50. The van der Waals surface area contributed by atoms with Crippen molar-refractivity contribution in [2.24, 2.45) is 74.4 Å². The van der Waals surface area contributed by atoms with Crippen molar-refractivity contribution in [1.29, 1.82) is 0 Å². The molecule has 0 heterocycles. The van der Waals surface area contributed by atoms with Crippen LogP contribution < -0.4 is 0 Å². The summed E-state index contributed by atoms with van der Waals surface area (Å²) in [7, 11) is 0. The molecule has 0 nitrogen and oxygen atoms in total. The smallest absolute Gasteiger partial charge is 0.0215 e. The van der Waals surface area contributed by atoms with E-state index in [1.165, 1.54) is 64.2 Å². The number of hydrogen-bond donors (Lipinski definition) is 0. The maximum absolute atomic E-state index is 2.75. The standard InChI is InChI=1S/C41H82/c1-19-23-35(40(17,22-4)29(5)6)33(10)34(11)36-25-24-31(8)41(36,18)38(14,15)32(9)27-39(16,21-3)28-37(12,13)26-30(7)20-2/h29-36H,19-28H2,1-18H3. The third-order valence-electron chi connectivity index (χ3n) is 15.1. The van der Waals surface area contributed by atoms with Gasteiger partial charge in [-0.05, 0) is 113 Å². The van der Waals surface area contributed by atoms with E-state index in [-0.39, 0.29) is 0 Å². The van der Waals surface area contributed by atoms with Gasteiger partial charge in [0.1, 0.15) is 0 Å². The van der Waals surface area contributed by atoms with E-state index in [9.17, 15) is 0 Å². The molecule has 1 fully saturated rings. The second-order valence-electron chi connectivity index (χ2n) is 18.5. The van der Waals surface area contributed by atoms with Crippen LogP contribution in [-0.4, -0.2) is 0 Å². The predicted octanol–water partition coefficient (Wildman–Crippen LogP) is 14.1.